The molecule has 0 spiro atoms. The van der Waals surface area contributed by atoms with Crippen molar-refractivity contribution in [1.82, 2.24) is 4.98 Å². The van der Waals surface area contributed by atoms with Gasteiger partial charge in [0, 0.05) is 30.5 Å². The van der Waals surface area contributed by atoms with E-state index in [1.54, 1.807) is 36.7 Å². The summed E-state index contributed by atoms with van der Waals surface area (Å²) in [6.45, 7) is 3.10. The summed E-state index contributed by atoms with van der Waals surface area (Å²) in [5.74, 6) is -0.194. The van der Waals surface area contributed by atoms with Crippen LogP contribution in [-0.4, -0.2) is 24.5 Å². The van der Waals surface area contributed by atoms with Gasteiger partial charge >= 0.3 is 0 Å². The molecule has 1 aromatic carbocycles. The standard InChI is InChI=1S/C17H20ClN3O/c1-3-4-8-21(2)16-9-13(11-19-12-16)17(22)20-15-7-5-6-14(18)10-15/h5-7,9-12H,3-4,8H2,1-2H3,(H,20,22). The number of benzene rings is 1. The quantitative estimate of drug-likeness (QED) is 0.867. The Hall–Kier alpha value is -2.07. The zero-order valence-corrected chi connectivity index (χ0v) is 13.6. The highest BCUT2D eigenvalue weighted by molar-refractivity contribution is 6.30. The molecule has 5 heteroatoms. The Morgan fingerprint density at radius 3 is 2.86 bits per heavy atom. The van der Waals surface area contributed by atoms with E-state index in [0.717, 1.165) is 25.1 Å². The highest BCUT2D eigenvalue weighted by Gasteiger charge is 2.09. The van der Waals surface area contributed by atoms with Gasteiger partial charge in [0.05, 0.1) is 17.4 Å². The average molecular weight is 318 g/mol. The maximum atomic E-state index is 12.3. The van der Waals surface area contributed by atoms with Gasteiger partial charge in [0.2, 0.25) is 0 Å². The van der Waals surface area contributed by atoms with Crippen molar-refractivity contribution >= 4 is 28.9 Å². The maximum Gasteiger partial charge on any atom is 0.257 e. The van der Waals surface area contributed by atoms with Crippen LogP contribution in [0.4, 0.5) is 11.4 Å². The van der Waals surface area contributed by atoms with Crippen molar-refractivity contribution in [2.45, 2.75) is 19.8 Å². The van der Waals surface area contributed by atoms with Gasteiger partial charge < -0.3 is 10.2 Å². The largest absolute Gasteiger partial charge is 0.373 e. The average Bonchev–Trinajstić information content (AvgIpc) is 2.52. The summed E-state index contributed by atoms with van der Waals surface area (Å²) in [5, 5.41) is 3.41. The zero-order chi connectivity index (χ0) is 15.9. The Kier molecular flexibility index (Phi) is 5.78. The number of amides is 1. The topological polar surface area (TPSA) is 45.2 Å². The third kappa shape index (κ3) is 4.46. The Labute approximate surface area is 136 Å². The number of halogens is 1. The molecule has 0 aliphatic heterocycles. The number of nitrogens with zero attached hydrogens (tertiary/aromatic N) is 2. The first-order valence-corrected chi connectivity index (χ1v) is 7.71. The highest BCUT2D eigenvalue weighted by Crippen LogP contribution is 2.18. The van der Waals surface area contributed by atoms with Gasteiger partial charge in [0.15, 0.2) is 0 Å². The molecule has 2 rings (SSSR count). The predicted octanol–water partition coefficient (Wildman–Crippen LogP) is 4.22. The molecule has 0 aliphatic rings. The highest BCUT2D eigenvalue weighted by atomic mass is 35.5. The van der Waals surface area contributed by atoms with E-state index < -0.39 is 0 Å². The molecule has 2 aromatic rings. The minimum atomic E-state index is -0.194. The van der Waals surface area contributed by atoms with Crippen molar-refractivity contribution in [3.8, 4) is 0 Å². The smallest absolute Gasteiger partial charge is 0.257 e. The van der Waals surface area contributed by atoms with Crippen LogP contribution in [0, 0.1) is 0 Å². The monoisotopic (exact) mass is 317 g/mol. The zero-order valence-electron chi connectivity index (χ0n) is 12.8. The van der Waals surface area contributed by atoms with Gasteiger partial charge in [-0.1, -0.05) is 31.0 Å². The molecule has 0 radical (unpaired) electrons. The fourth-order valence-electron chi connectivity index (χ4n) is 2.05. The molecule has 22 heavy (non-hydrogen) atoms. The lowest BCUT2D eigenvalue weighted by Gasteiger charge is -2.19. The summed E-state index contributed by atoms with van der Waals surface area (Å²) in [4.78, 5) is 18.6. The molecule has 0 fully saturated rings. The van der Waals surface area contributed by atoms with E-state index in [-0.39, 0.29) is 5.91 Å². The van der Waals surface area contributed by atoms with Gasteiger partial charge in [0.25, 0.3) is 5.91 Å². The fourth-order valence-corrected chi connectivity index (χ4v) is 2.24. The van der Waals surface area contributed by atoms with Gasteiger partial charge in [-0.25, -0.2) is 0 Å². The lowest BCUT2D eigenvalue weighted by Crippen LogP contribution is -2.19. The van der Waals surface area contributed by atoms with E-state index in [4.69, 9.17) is 11.6 Å². The van der Waals surface area contributed by atoms with Gasteiger partial charge in [0.1, 0.15) is 0 Å². The first kappa shape index (κ1) is 16.3. The Morgan fingerprint density at radius 1 is 1.32 bits per heavy atom. The first-order valence-electron chi connectivity index (χ1n) is 7.33. The molecule has 0 bridgehead atoms. The van der Waals surface area contributed by atoms with Crippen LogP contribution in [0.25, 0.3) is 0 Å². The second-order valence-corrected chi connectivity index (χ2v) is 5.61. The van der Waals surface area contributed by atoms with E-state index in [1.807, 2.05) is 13.1 Å². The summed E-state index contributed by atoms with van der Waals surface area (Å²) in [7, 11) is 2.01. The Morgan fingerprint density at radius 2 is 2.14 bits per heavy atom. The molecule has 0 saturated carbocycles. The van der Waals surface area contributed by atoms with Crippen LogP contribution in [0.5, 0.6) is 0 Å². The minimum absolute atomic E-state index is 0.194. The molecule has 0 aliphatic carbocycles. The number of carbonyl (C=O) groups is 1. The molecule has 0 atom stereocenters. The molecule has 1 N–H and O–H groups in total. The predicted molar refractivity (Wildman–Crippen MR) is 91.8 cm³/mol. The summed E-state index contributed by atoms with van der Waals surface area (Å²) in [5.41, 5.74) is 2.13. The van der Waals surface area contributed by atoms with Crippen molar-refractivity contribution in [3.63, 3.8) is 0 Å². The van der Waals surface area contributed by atoms with E-state index in [0.29, 0.717) is 16.3 Å². The number of anilines is 2. The van der Waals surface area contributed by atoms with Crippen molar-refractivity contribution in [3.05, 3.63) is 53.3 Å². The van der Waals surface area contributed by atoms with Gasteiger partial charge in [-0.3, -0.25) is 9.78 Å². The summed E-state index contributed by atoms with van der Waals surface area (Å²) < 4.78 is 0. The molecule has 1 heterocycles. The Balaban J connectivity index is 2.10. The third-order valence-corrected chi connectivity index (χ3v) is 3.59. The molecular weight excluding hydrogens is 298 g/mol. The molecule has 1 amide bonds. The lowest BCUT2D eigenvalue weighted by molar-refractivity contribution is 0.102. The van der Waals surface area contributed by atoms with E-state index in [1.165, 1.54) is 0 Å². The number of aromatic nitrogens is 1. The summed E-state index contributed by atoms with van der Waals surface area (Å²) in [6, 6.07) is 8.92. The molecule has 4 nitrogen and oxygen atoms in total. The lowest BCUT2D eigenvalue weighted by atomic mass is 10.2. The number of rotatable bonds is 6. The van der Waals surface area contributed by atoms with Crippen LogP contribution in [0.3, 0.4) is 0 Å². The first-order chi connectivity index (χ1) is 10.6. The van der Waals surface area contributed by atoms with Crippen LogP contribution in [-0.2, 0) is 0 Å². The molecule has 116 valence electrons. The van der Waals surface area contributed by atoms with Crippen LogP contribution in [0.15, 0.2) is 42.7 Å². The number of hydrogen-bond donors (Lipinski definition) is 1. The van der Waals surface area contributed by atoms with Crippen LogP contribution in [0.1, 0.15) is 30.1 Å². The third-order valence-electron chi connectivity index (χ3n) is 3.36. The van der Waals surface area contributed by atoms with Crippen molar-refractivity contribution in [1.29, 1.82) is 0 Å². The second kappa shape index (κ2) is 7.80. The molecule has 0 saturated heterocycles. The number of hydrogen-bond acceptors (Lipinski definition) is 3. The molecular formula is C17H20ClN3O. The number of nitrogens with one attached hydrogen (secondary N) is 1. The van der Waals surface area contributed by atoms with Gasteiger partial charge in [-0.05, 0) is 30.7 Å². The van der Waals surface area contributed by atoms with E-state index >= 15 is 0 Å². The fraction of sp³-hybridized carbons (Fsp3) is 0.294. The number of unbranched alkanes of at least 4 members (excludes halogenated alkanes) is 1. The second-order valence-electron chi connectivity index (χ2n) is 5.17. The number of pyridine rings is 1. The van der Waals surface area contributed by atoms with E-state index in [9.17, 15) is 4.79 Å². The van der Waals surface area contributed by atoms with Crippen LogP contribution < -0.4 is 10.2 Å². The minimum Gasteiger partial charge on any atom is -0.373 e. The van der Waals surface area contributed by atoms with E-state index in [2.05, 4.69) is 22.1 Å². The van der Waals surface area contributed by atoms with Gasteiger partial charge in [-0.15, -0.1) is 0 Å². The van der Waals surface area contributed by atoms with Crippen LogP contribution >= 0.6 is 11.6 Å². The Bertz CT molecular complexity index is 645. The van der Waals surface area contributed by atoms with Crippen LogP contribution in [0.2, 0.25) is 5.02 Å². The summed E-state index contributed by atoms with van der Waals surface area (Å²) >= 11 is 5.92. The molecule has 0 unspecified atom stereocenters. The summed E-state index contributed by atoms with van der Waals surface area (Å²) in [6.07, 6.45) is 5.57. The normalized spacial score (nSPS) is 10.3. The number of carbonyl (C=O) groups excluding carboxylic acids is 1. The molecule has 1 aromatic heterocycles. The van der Waals surface area contributed by atoms with Crippen molar-refractivity contribution < 1.29 is 4.79 Å². The van der Waals surface area contributed by atoms with Crippen molar-refractivity contribution in [2.24, 2.45) is 0 Å². The SMILES string of the molecule is CCCCN(C)c1cncc(C(=O)Nc2cccc(Cl)c2)c1. The maximum absolute atomic E-state index is 12.3. The van der Waals surface area contributed by atoms with Gasteiger partial charge in [-0.2, -0.15) is 0 Å². The van der Waals surface area contributed by atoms with Crippen molar-refractivity contribution in [2.75, 3.05) is 23.8 Å².